The topological polar surface area (TPSA) is 93.8 Å². The van der Waals surface area contributed by atoms with E-state index in [4.69, 9.17) is 5.73 Å². The van der Waals surface area contributed by atoms with Crippen LogP contribution in [0.15, 0.2) is 24.3 Å². The number of carbonyl (C=O) groups is 1. The molecule has 1 amide bonds. The van der Waals surface area contributed by atoms with E-state index in [0.29, 0.717) is 17.5 Å². The zero-order chi connectivity index (χ0) is 17.4. The largest absolute Gasteiger partial charge is 0.375 e. The lowest BCUT2D eigenvalue weighted by molar-refractivity contribution is -0.123. The smallest absolute Gasteiger partial charge is 0.229 e. The molecule has 7 heteroatoms. The standard InChI is InChI=1S/C18H19N5OS/c1-10-11-5-2-3-7-13(11)22-15(21-10)9-20-17(24)12-6-4-8-14-16(12)23-18(19)25-14/h2-3,5,7,12H,4,6,8-9H2,1H3,(H2,19,23)(H,20,24). The number of nitrogen functional groups attached to an aromatic ring is 1. The number of para-hydroxylation sites is 1. The number of thiazole rings is 1. The predicted molar refractivity (Wildman–Crippen MR) is 98.3 cm³/mol. The minimum Gasteiger partial charge on any atom is -0.375 e. The third-order valence-corrected chi connectivity index (χ3v) is 5.51. The van der Waals surface area contributed by atoms with E-state index in [9.17, 15) is 4.79 Å². The van der Waals surface area contributed by atoms with E-state index in [2.05, 4.69) is 20.3 Å². The molecule has 6 nitrogen and oxygen atoms in total. The molecule has 3 aromatic rings. The van der Waals surface area contributed by atoms with Crippen molar-refractivity contribution in [2.75, 3.05) is 5.73 Å². The van der Waals surface area contributed by atoms with Crippen LogP contribution in [0.5, 0.6) is 0 Å². The number of benzene rings is 1. The summed E-state index contributed by atoms with van der Waals surface area (Å²) in [5.41, 5.74) is 8.47. The van der Waals surface area contributed by atoms with Gasteiger partial charge >= 0.3 is 0 Å². The molecule has 2 heterocycles. The SMILES string of the molecule is Cc1nc(CNC(=O)C2CCCc3sc(N)nc32)nc2ccccc12. The van der Waals surface area contributed by atoms with Crippen molar-refractivity contribution in [1.82, 2.24) is 20.3 Å². The number of carbonyl (C=O) groups excluding carboxylic acids is 1. The van der Waals surface area contributed by atoms with Gasteiger partial charge in [0, 0.05) is 16.0 Å². The van der Waals surface area contributed by atoms with Gasteiger partial charge in [-0.15, -0.1) is 11.3 Å². The summed E-state index contributed by atoms with van der Waals surface area (Å²) in [5, 5.41) is 4.55. The van der Waals surface area contributed by atoms with Gasteiger partial charge in [0.2, 0.25) is 5.91 Å². The third-order valence-electron chi connectivity index (χ3n) is 4.55. The molecule has 128 valence electrons. The van der Waals surface area contributed by atoms with Crippen LogP contribution < -0.4 is 11.1 Å². The molecule has 1 aliphatic rings. The van der Waals surface area contributed by atoms with Gasteiger partial charge in [0.1, 0.15) is 5.82 Å². The number of aryl methyl sites for hydroxylation is 2. The van der Waals surface area contributed by atoms with Crippen molar-refractivity contribution in [1.29, 1.82) is 0 Å². The number of rotatable bonds is 3. The van der Waals surface area contributed by atoms with Crippen molar-refractivity contribution in [3.63, 3.8) is 0 Å². The molecule has 1 unspecified atom stereocenters. The van der Waals surface area contributed by atoms with Crippen LogP contribution in [0.25, 0.3) is 10.9 Å². The fraction of sp³-hybridized carbons (Fsp3) is 0.333. The predicted octanol–water partition coefficient (Wildman–Crippen LogP) is 2.71. The fourth-order valence-electron chi connectivity index (χ4n) is 3.36. The van der Waals surface area contributed by atoms with Crippen molar-refractivity contribution in [3.05, 3.63) is 46.4 Å². The van der Waals surface area contributed by atoms with Crippen LogP contribution in [0, 0.1) is 6.92 Å². The van der Waals surface area contributed by atoms with Crippen LogP contribution in [-0.4, -0.2) is 20.9 Å². The zero-order valence-electron chi connectivity index (χ0n) is 14.0. The van der Waals surface area contributed by atoms with Gasteiger partial charge < -0.3 is 11.1 Å². The third kappa shape index (κ3) is 3.07. The van der Waals surface area contributed by atoms with Crippen LogP contribution in [-0.2, 0) is 17.8 Å². The lowest BCUT2D eigenvalue weighted by Gasteiger charge is -2.20. The average Bonchev–Trinajstić information content (AvgIpc) is 3.00. The van der Waals surface area contributed by atoms with Crippen LogP contribution in [0.3, 0.4) is 0 Å². The highest BCUT2D eigenvalue weighted by atomic mass is 32.1. The molecule has 0 bridgehead atoms. The zero-order valence-corrected chi connectivity index (χ0v) is 14.8. The van der Waals surface area contributed by atoms with E-state index in [-0.39, 0.29) is 11.8 Å². The van der Waals surface area contributed by atoms with E-state index in [1.165, 1.54) is 11.3 Å². The normalized spacial score (nSPS) is 16.6. The summed E-state index contributed by atoms with van der Waals surface area (Å²) in [4.78, 5) is 27.2. The van der Waals surface area contributed by atoms with Gasteiger partial charge in [0.25, 0.3) is 0 Å². The molecule has 0 saturated heterocycles. The van der Waals surface area contributed by atoms with Gasteiger partial charge in [-0.1, -0.05) is 18.2 Å². The minimum atomic E-state index is -0.223. The number of fused-ring (bicyclic) bond motifs is 2. The number of hydrogen-bond donors (Lipinski definition) is 2. The van der Waals surface area contributed by atoms with Gasteiger partial charge in [-0.25, -0.2) is 15.0 Å². The quantitative estimate of drug-likeness (QED) is 0.755. The molecule has 2 aromatic heterocycles. The lowest BCUT2D eigenvalue weighted by atomic mass is 9.90. The molecule has 0 fully saturated rings. The average molecular weight is 353 g/mol. The van der Waals surface area contributed by atoms with E-state index in [1.54, 1.807) is 0 Å². The Morgan fingerprint density at radius 2 is 2.16 bits per heavy atom. The van der Waals surface area contributed by atoms with E-state index in [0.717, 1.165) is 46.4 Å². The number of aromatic nitrogens is 3. The van der Waals surface area contributed by atoms with Gasteiger partial charge in [-0.3, -0.25) is 4.79 Å². The van der Waals surface area contributed by atoms with Crippen molar-refractivity contribution in [2.24, 2.45) is 0 Å². The van der Waals surface area contributed by atoms with Gasteiger partial charge in [-0.05, 0) is 32.3 Å². The summed E-state index contributed by atoms with van der Waals surface area (Å²) < 4.78 is 0. The Morgan fingerprint density at radius 3 is 3.04 bits per heavy atom. The number of amides is 1. The van der Waals surface area contributed by atoms with E-state index < -0.39 is 0 Å². The Morgan fingerprint density at radius 1 is 1.32 bits per heavy atom. The Hall–Kier alpha value is -2.54. The van der Waals surface area contributed by atoms with Crippen molar-refractivity contribution >= 4 is 33.3 Å². The Bertz CT molecular complexity index is 952. The van der Waals surface area contributed by atoms with Crippen molar-refractivity contribution in [2.45, 2.75) is 38.6 Å². The van der Waals surface area contributed by atoms with Crippen molar-refractivity contribution < 1.29 is 4.79 Å². The Kier molecular flexibility index (Phi) is 4.09. The van der Waals surface area contributed by atoms with E-state index >= 15 is 0 Å². The summed E-state index contributed by atoms with van der Waals surface area (Å²) in [6.45, 7) is 2.27. The van der Waals surface area contributed by atoms with Crippen molar-refractivity contribution in [3.8, 4) is 0 Å². The molecule has 1 aliphatic carbocycles. The summed E-state index contributed by atoms with van der Waals surface area (Å²) in [6, 6.07) is 7.89. The van der Waals surface area contributed by atoms with Gasteiger partial charge in [-0.2, -0.15) is 0 Å². The molecule has 1 atom stereocenters. The van der Waals surface area contributed by atoms with Gasteiger partial charge in [0.05, 0.1) is 23.7 Å². The molecule has 3 N–H and O–H groups in total. The van der Waals surface area contributed by atoms with E-state index in [1.807, 2.05) is 31.2 Å². The molecule has 0 aliphatic heterocycles. The number of anilines is 1. The number of hydrogen-bond acceptors (Lipinski definition) is 6. The summed E-state index contributed by atoms with van der Waals surface area (Å²) in [5.74, 6) is 0.373. The maximum absolute atomic E-state index is 12.6. The summed E-state index contributed by atoms with van der Waals surface area (Å²) >= 11 is 1.49. The summed E-state index contributed by atoms with van der Waals surface area (Å²) in [6.07, 6.45) is 2.75. The van der Waals surface area contributed by atoms with Crippen LogP contribution in [0.2, 0.25) is 0 Å². The fourth-order valence-corrected chi connectivity index (χ4v) is 4.29. The highest BCUT2D eigenvalue weighted by molar-refractivity contribution is 7.15. The number of nitrogens with zero attached hydrogens (tertiary/aromatic N) is 3. The number of nitrogens with two attached hydrogens (primary N) is 1. The highest BCUT2D eigenvalue weighted by Crippen LogP contribution is 2.35. The first-order valence-corrected chi connectivity index (χ1v) is 9.18. The molecule has 4 rings (SSSR count). The Labute approximate surface area is 149 Å². The second kappa shape index (κ2) is 6.40. The maximum atomic E-state index is 12.6. The monoisotopic (exact) mass is 353 g/mol. The first-order chi connectivity index (χ1) is 12.1. The highest BCUT2D eigenvalue weighted by Gasteiger charge is 2.29. The molecule has 0 saturated carbocycles. The first-order valence-electron chi connectivity index (χ1n) is 8.37. The Balaban J connectivity index is 1.51. The molecule has 25 heavy (non-hydrogen) atoms. The lowest BCUT2D eigenvalue weighted by Crippen LogP contribution is -2.31. The van der Waals surface area contributed by atoms with Gasteiger partial charge in [0.15, 0.2) is 5.13 Å². The van der Waals surface area contributed by atoms with Crippen LogP contribution in [0.1, 0.15) is 40.8 Å². The molecule has 1 aromatic carbocycles. The first kappa shape index (κ1) is 16.0. The second-order valence-corrected chi connectivity index (χ2v) is 7.38. The van der Waals surface area contributed by atoms with Crippen LogP contribution in [0.4, 0.5) is 5.13 Å². The molecule has 0 spiro atoms. The molecular formula is C18H19N5OS. The minimum absolute atomic E-state index is 0.0272. The summed E-state index contributed by atoms with van der Waals surface area (Å²) in [7, 11) is 0. The molecular weight excluding hydrogens is 334 g/mol. The maximum Gasteiger partial charge on any atom is 0.229 e. The molecule has 0 radical (unpaired) electrons. The number of nitrogens with one attached hydrogen (secondary N) is 1. The second-order valence-electron chi connectivity index (χ2n) is 6.27. The van der Waals surface area contributed by atoms with Crippen LogP contribution >= 0.6 is 11.3 Å².